The maximum absolute atomic E-state index is 12.8. The first-order valence-electron chi connectivity index (χ1n) is 7.17. The van der Waals surface area contributed by atoms with Crippen LogP contribution in [0.15, 0.2) is 24.3 Å². The Bertz CT molecular complexity index is 653. The fourth-order valence-electron chi connectivity index (χ4n) is 1.55. The summed E-state index contributed by atoms with van der Waals surface area (Å²) in [6, 6.07) is 4.19. The highest BCUT2D eigenvalue weighted by molar-refractivity contribution is 8.01. The van der Waals surface area contributed by atoms with Crippen LogP contribution in [0.25, 0.3) is 0 Å². The standard InChI is InChI=1S/C15H18FN3O5S/c1-8(13(21)19-15(17)23)24-14(22)9(2)25-7-12(20)18-11-5-3-10(16)4-6-11/h3-6,8-9H,7H2,1-2H3,(H,18,20)(H3,17,19,21,23)/t8-,9+/m0/s1. The van der Waals surface area contributed by atoms with Gasteiger partial charge in [-0.25, -0.2) is 9.18 Å². The zero-order chi connectivity index (χ0) is 19.0. The van der Waals surface area contributed by atoms with Gasteiger partial charge >= 0.3 is 12.0 Å². The minimum absolute atomic E-state index is 0.0461. The Morgan fingerprint density at radius 2 is 1.80 bits per heavy atom. The van der Waals surface area contributed by atoms with E-state index >= 15 is 0 Å². The van der Waals surface area contributed by atoms with Gasteiger partial charge in [-0.1, -0.05) is 0 Å². The van der Waals surface area contributed by atoms with E-state index in [9.17, 15) is 23.6 Å². The number of hydrogen-bond donors (Lipinski definition) is 3. The smallest absolute Gasteiger partial charge is 0.319 e. The first-order valence-corrected chi connectivity index (χ1v) is 8.21. The molecule has 4 amide bonds. The third kappa shape index (κ3) is 7.66. The molecule has 4 N–H and O–H groups in total. The summed E-state index contributed by atoms with van der Waals surface area (Å²) in [4.78, 5) is 45.6. The second-order valence-corrected chi connectivity index (χ2v) is 6.27. The van der Waals surface area contributed by atoms with Crippen molar-refractivity contribution in [1.29, 1.82) is 0 Å². The van der Waals surface area contributed by atoms with Crippen molar-refractivity contribution in [3.8, 4) is 0 Å². The number of urea groups is 1. The van der Waals surface area contributed by atoms with Crippen LogP contribution in [0.2, 0.25) is 0 Å². The lowest BCUT2D eigenvalue weighted by atomic mass is 10.3. The van der Waals surface area contributed by atoms with Gasteiger partial charge in [-0.05, 0) is 38.1 Å². The lowest BCUT2D eigenvalue weighted by molar-refractivity contribution is -0.153. The second-order valence-electron chi connectivity index (χ2n) is 4.94. The number of carbonyl (C=O) groups excluding carboxylic acids is 4. The summed E-state index contributed by atoms with van der Waals surface area (Å²) in [5.41, 5.74) is 5.22. The van der Waals surface area contributed by atoms with Gasteiger partial charge in [-0.2, -0.15) is 0 Å². The molecule has 0 unspecified atom stereocenters. The Morgan fingerprint density at radius 1 is 1.20 bits per heavy atom. The van der Waals surface area contributed by atoms with Crippen LogP contribution in [-0.2, 0) is 19.1 Å². The number of ether oxygens (including phenoxy) is 1. The van der Waals surface area contributed by atoms with Crippen molar-refractivity contribution in [3.63, 3.8) is 0 Å². The Hall–Kier alpha value is -2.62. The molecule has 0 aliphatic carbocycles. The molecule has 1 aromatic carbocycles. The molecule has 0 aliphatic rings. The van der Waals surface area contributed by atoms with Crippen molar-refractivity contribution in [3.05, 3.63) is 30.1 Å². The van der Waals surface area contributed by atoms with Gasteiger partial charge in [-0.15, -0.1) is 11.8 Å². The fourth-order valence-corrected chi connectivity index (χ4v) is 2.21. The van der Waals surface area contributed by atoms with Gasteiger partial charge in [-0.3, -0.25) is 19.7 Å². The van der Waals surface area contributed by atoms with E-state index in [4.69, 9.17) is 10.5 Å². The summed E-state index contributed by atoms with van der Waals surface area (Å²) < 4.78 is 17.7. The molecule has 0 heterocycles. The molecular formula is C15H18FN3O5S. The lowest BCUT2D eigenvalue weighted by Crippen LogP contribution is -2.42. The average molecular weight is 371 g/mol. The molecule has 1 rings (SSSR count). The summed E-state index contributed by atoms with van der Waals surface area (Å²) >= 11 is 0.999. The van der Waals surface area contributed by atoms with E-state index in [1.807, 2.05) is 0 Å². The molecule has 0 saturated heterocycles. The lowest BCUT2D eigenvalue weighted by Gasteiger charge is -2.15. The highest BCUT2D eigenvalue weighted by Crippen LogP contribution is 2.15. The number of hydrogen-bond acceptors (Lipinski definition) is 6. The van der Waals surface area contributed by atoms with Gasteiger partial charge in [0.25, 0.3) is 5.91 Å². The average Bonchev–Trinajstić information content (AvgIpc) is 2.54. The van der Waals surface area contributed by atoms with Gasteiger partial charge in [0.15, 0.2) is 6.10 Å². The Labute approximate surface area is 147 Å². The van der Waals surface area contributed by atoms with Crippen molar-refractivity contribution in [1.82, 2.24) is 5.32 Å². The SMILES string of the molecule is C[C@H](OC(=O)[C@@H](C)SCC(=O)Nc1ccc(F)cc1)C(=O)NC(N)=O. The maximum atomic E-state index is 12.8. The van der Waals surface area contributed by atoms with E-state index in [1.165, 1.54) is 38.1 Å². The molecule has 0 aromatic heterocycles. The number of primary amides is 1. The number of rotatable bonds is 7. The molecule has 0 bridgehead atoms. The van der Waals surface area contributed by atoms with E-state index in [0.29, 0.717) is 5.69 Å². The van der Waals surface area contributed by atoms with Crippen molar-refractivity contribution in [2.24, 2.45) is 5.73 Å². The second kappa shape index (κ2) is 9.62. The van der Waals surface area contributed by atoms with E-state index in [0.717, 1.165) is 11.8 Å². The van der Waals surface area contributed by atoms with Crippen molar-refractivity contribution >= 4 is 41.3 Å². The first-order chi connectivity index (χ1) is 11.7. The number of nitrogens with two attached hydrogens (primary N) is 1. The Balaban J connectivity index is 2.39. The number of halogens is 1. The maximum Gasteiger partial charge on any atom is 0.319 e. The molecule has 0 saturated carbocycles. The predicted molar refractivity (Wildman–Crippen MR) is 90.2 cm³/mol. The van der Waals surface area contributed by atoms with Crippen LogP contribution in [0.5, 0.6) is 0 Å². The Kier molecular flexibility index (Phi) is 7.86. The molecule has 0 aliphatic heterocycles. The van der Waals surface area contributed by atoms with E-state index in [2.05, 4.69) is 5.32 Å². The molecule has 0 radical (unpaired) electrons. The van der Waals surface area contributed by atoms with Crippen molar-refractivity contribution < 1.29 is 28.3 Å². The van der Waals surface area contributed by atoms with Crippen LogP contribution in [0, 0.1) is 5.82 Å². The highest BCUT2D eigenvalue weighted by Gasteiger charge is 2.23. The molecule has 2 atom stereocenters. The Morgan fingerprint density at radius 3 is 2.36 bits per heavy atom. The zero-order valence-corrected chi connectivity index (χ0v) is 14.4. The van der Waals surface area contributed by atoms with Gasteiger partial charge < -0.3 is 15.8 Å². The summed E-state index contributed by atoms with van der Waals surface area (Å²) in [6.07, 6.45) is -1.20. The number of anilines is 1. The van der Waals surface area contributed by atoms with E-state index < -0.39 is 35.1 Å². The molecule has 8 nitrogen and oxygen atoms in total. The minimum Gasteiger partial charge on any atom is -0.452 e. The number of amides is 4. The van der Waals surface area contributed by atoms with Gasteiger partial charge in [0.05, 0.1) is 5.75 Å². The number of imide groups is 1. The number of esters is 1. The topological polar surface area (TPSA) is 128 Å². The molecule has 0 fully saturated rings. The van der Waals surface area contributed by atoms with Crippen LogP contribution < -0.4 is 16.4 Å². The molecule has 0 spiro atoms. The van der Waals surface area contributed by atoms with Gasteiger partial charge in [0.2, 0.25) is 5.91 Å². The summed E-state index contributed by atoms with van der Waals surface area (Å²) in [6.45, 7) is 2.80. The van der Waals surface area contributed by atoms with Crippen LogP contribution >= 0.6 is 11.8 Å². The van der Waals surface area contributed by atoms with Crippen LogP contribution in [-0.4, -0.2) is 40.9 Å². The summed E-state index contributed by atoms with van der Waals surface area (Å²) in [5.74, 6) is -2.40. The quantitative estimate of drug-likeness (QED) is 0.614. The van der Waals surface area contributed by atoms with Crippen LogP contribution in [0.3, 0.4) is 0 Å². The monoisotopic (exact) mass is 371 g/mol. The normalized spacial score (nSPS) is 12.6. The first kappa shape index (κ1) is 20.4. The van der Waals surface area contributed by atoms with Crippen molar-refractivity contribution in [2.45, 2.75) is 25.2 Å². The van der Waals surface area contributed by atoms with Gasteiger partial charge in [0, 0.05) is 5.69 Å². The minimum atomic E-state index is -1.20. The van der Waals surface area contributed by atoms with Crippen LogP contribution in [0.4, 0.5) is 14.9 Å². The van der Waals surface area contributed by atoms with Crippen molar-refractivity contribution in [2.75, 3.05) is 11.1 Å². The van der Waals surface area contributed by atoms with E-state index in [-0.39, 0.29) is 11.7 Å². The molecular weight excluding hydrogens is 353 g/mol. The third-order valence-corrected chi connectivity index (χ3v) is 3.95. The highest BCUT2D eigenvalue weighted by atomic mass is 32.2. The van der Waals surface area contributed by atoms with Gasteiger partial charge in [0.1, 0.15) is 11.1 Å². The summed E-state index contributed by atoms with van der Waals surface area (Å²) in [7, 11) is 0. The van der Waals surface area contributed by atoms with E-state index in [1.54, 1.807) is 5.32 Å². The predicted octanol–water partition coefficient (Wildman–Crippen LogP) is 1.01. The largest absolute Gasteiger partial charge is 0.452 e. The number of carbonyl (C=O) groups is 4. The molecule has 10 heteroatoms. The summed E-state index contributed by atoms with van der Waals surface area (Å²) in [5, 5.41) is 3.62. The molecule has 1 aromatic rings. The number of nitrogens with one attached hydrogen (secondary N) is 2. The van der Waals surface area contributed by atoms with Crippen LogP contribution in [0.1, 0.15) is 13.8 Å². The third-order valence-electron chi connectivity index (χ3n) is 2.83. The zero-order valence-electron chi connectivity index (χ0n) is 13.6. The fraction of sp³-hybridized carbons (Fsp3) is 0.333. The molecule has 25 heavy (non-hydrogen) atoms. The number of benzene rings is 1. The number of thioether (sulfide) groups is 1. The molecule has 136 valence electrons.